The van der Waals surface area contributed by atoms with Gasteiger partial charge in [-0.15, -0.1) is 0 Å². The van der Waals surface area contributed by atoms with Gasteiger partial charge in [-0.05, 0) is 42.3 Å². The number of amides is 2. The minimum Gasteiger partial charge on any atom is -0.478 e. The van der Waals surface area contributed by atoms with Gasteiger partial charge in [0.05, 0.1) is 11.1 Å². The molecule has 0 aliphatic carbocycles. The van der Waals surface area contributed by atoms with Gasteiger partial charge in [0.1, 0.15) is 0 Å². The average molecular weight is 388 g/mol. The molecule has 0 unspecified atom stereocenters. The monoisotopic (exact) mass is 388 g/mol. The summed E-state index contributed by atoms with van der Waals surface area (Å²) in [5, 5.41) is 14.7. The molecular formula is C23H20N2O4. The number of anilines is 2. The highest BCUT2D eigenvalue weighted by Crippen LogP contribution is 2.18. The van der Waals surface area contributed by atoms with E-state index in [1.54, 1.807) is 36.4 Å². The first-order chi connectivity index (χ1) is 14.0. The van der Waals surface area contributed by atoms with Crippen molar-refractivity contribution in [2.75, 3.05) is 10.6 Å². The van der Waals surface area contributed by atoms with E-state index in [0.717, 1.165) is 5.56 Å². The number of carboxylic acids is 1. The molecule has 0 bridgehead atoms. The second-order valence-corrected chi connectivity index (χ2v) is 6.42. The van der Waals surface area contributed by atoms with Gasteiger partial charge < -0.3 is 15.7 Å². The smallest absolute Gasteiger partial charge is 0.336 e. The van der Waals surface area contributed by atoms with Gasteiger partial charge in [0.15, 0.2) is 0 Å². The highest BCUT2D eigenvalue weighted by molar-refractivity contribution is 6.10. The maximum absolute atomic E-state index is 12.5. The van der Waals surface area contributed by atoms with E-state index >= 15 is 0 Å². The third-order valence-corrected chi connectivity index (χ3v) is 4.29. The van der Waals surface area contributed by atoms with Crippen LogP contribution in [-0.4, -0.2) is 22.9 Å². The van der Waals surface area contributed by atoms with Crippen LogP contribution >= 0.6 is 0 Å². The standard InChI is InChI=1S/C23H20N2O4/c26-21(14-13-16-7-2-1-3-8-16)24-17-9-6-10-18(15-17)25-22(27)19-11-4-5-12-20(19)23(28)29/h1-12,15H,13-14H2,(H,24,26)(H,25,27)(H,28,29). The summed E-state index contributed by atoms with van der Waals surface area (Å²) in [5.41, 5.74) is 2.08. The molecule has 6 nitrogen and oxygen atoms in total. The number of hydrogen-bond acceptors (Lipinski definition) is 3. The Morgan fingerprint density at radius 1 is 0.724 bits per heavy atom. The zero-order valence-corrected chi connectivity index (χ0v) is 15.6. The van der Waals surface area contributed by atoms with Crippen molar-refractivity contribution in [3.8, 4) is 0 Å². The van der Waals surface area contributed by atoms with Crippen molar-refractivity contribution in [1.82, 2.24) is 0 Å². The number of nitrogens with one attached hydrogen (secondary N) is 2. The van der Waals surface area contributed by atoms with Gasteiger partial charge in [-0.1, -0.05) is 48.5 Å². The van der Waals surface area contributed by atoms with Crippen molar-refractivity contribution in [2.45, 2.75) is 12.8 Å². The van der Waals surface area contributed by atoms with Gasteiger partial charge in [-0.25, -0.2) is 4.79 Å². The van der Waals surface area contributed by atoms with E-state index in [9.17, 15) is 19.5 Å². The van der Waals surface area contributed by atoms with E-state index in [1.807, 2.05) is 30.3 Å². The molecule has 0 fully saturated rings. The lowest BCUT2D eigenvalue weighted by atomic mass is 10.1. The van der Waals surface area contributed by atoms with E-state index < -0.39 is 11.9 Å². The fourth-order valence-electron chi connectivity index (χ4n) is 2.87. The van der Waals surface area contributed by atoms with Crippen molar-refractivity contribution in [2.24, 2.45) is 0 Å². The second kappa shape index (κ2) is 9.32. The normalized spacial score (nSPS) is 10.2. The molecule has 0 spiro atoms. The van der Waals surface area contributed by atoms with Gasteiger partial charge >= 0.3 is 5.97 Å². The van der Waals surface area contributed by atoms with Crippen LogP contribution in [0.1, 0.15) is 32.7 Å². The van der Waals surface area contributed by atoms with Crippen molar-refractivity contribution in [3.05, 3.63) is 95.6 Å². The SMILES string of the molecule is O=C(CCc1ccccc1)Nc1cccc(NC(=O)c2ccccc2C(=O)O)c1. The second-order valence-electron chi connectivity index (χ2n) is 6.42. The van der Waals surface area contributed by atoms with Crippen LogP contribution in [-0.2, 0) is 11.2 Å². The van der Waals surface area contributed by atoms with Crippen molar-refractivity contribution in [1.29, 1.82) is 0 Å². The summed E-state index contributed by atoms with van der Waals surface area (Å²) >= 11 is 0. The molecule has 0 saturated heterocycles. The summed E-state index contributed by atoms with van der Waals surface area (Å²) in [6, 6.07) is 22.4. The summed E-state index contributed by atoms with van der Waals surface area (Å²) in [6.07, 6.45) is 0.974. The Balaban J connectivity index is 1.63. The van der Waals surface area contributed by atoms with Crippen LogP contribution in [0.25, 0.3) is 0 Å². The molecular weight excluding hydrogens is 368 g/mol. The molecule has 0 aliphatic heterocycles. The lowest BCUT2D eigenvalue weighted by Crippen LogP contribution is -2.17. The van der Waals surface area contributed by atoms with Crippen molar-refractivity contribution in [3.63, 3.8) is 0 Å². The zero-order chi connectivity index (χ0) is 20.6. The number of aromatic carboxylic acids is 1. The summed E-state index contributed by atoms with van der Waals surface area (Å²) < 4.78 is 0. The Morgan fingerprint density at radius 2 is 1.34 bits per heavy atom. The van der Waals surface area contributed by atoms with E-state index in [0.29, 0.717) is 24.2 Å². The highest BCUT2D eigenvalue weighted by atomic mass is 16.4. The lowest BCUT2D eigenvalue weighted by Gasteiger charge is -2.10. The van der Waals surface area contributed by atoms with E-state index in [4.69, 9.17) is 0 Å². The fourth-order valence-corrected chi connectivity index (χ4v) is 2.87. The fraction of sp³-hybridized carbons (Fsp3) is 0.0870. The molecule has 0 atom stereocenters. The number of benzene rings is 3. The van der Waals surface area contributed by atoms with Gasteiger partial charge in [0.2, 0.25) is 5.91 Å². The largest absolute Gasteiger partial charge is 0.478 e. The predicted octanol–water partition coefficient (Wildman–Crippen LogP) is 4.21. The Morgan fingerprint density at radius 3 is 2.03 bits per heavy atom. The zero-order valence-electron chi connectivity index (χ0n) is 15.6. The lowest BCUT2D eigenvalue weighted by molar-refractivity contribution is -0.116. The maximum atomic E-state index is 12.5. The molecule has 0 heterocycles. The molecule has 0 aromatic heterocycles. The van der Waals surface area contributed by atoms with E-state index in [1.165, 1.54) is 12.1 Å². The molecule has 3 aromatic rings. The summed E-state index contributed by atoms with van der Waals surface area (Å²) in [6.45, 7) is 0. The van der Waals surface area contributed by atoms with Crippen LogP contribution in [0.3, 0.4) is 0 Å². The minimum atomic E-state index is -1.17. The Kier molecular flexibility index (Phi) is 6.37. The average Bonchev–Trinajstić information content (AvgIpc) is 2.73. The number of carboxylic acid groups (broad SMARTS) is 1. The van der Waals surface area contributed by atoms with Crippen LogP contribution in [0, 0.1) is 0 Å². The molecule has 146 valence electrons. The van der Waals surface area contributed by atoms with Crippen molar-refractivity contribution < 1.29 is 19.5 Å². The number of hydrogen-bond donors (Lipinski definition) is 3. The van der Waals surface area contributed by atoms with Crippen LogP contribution < -0.4 is 10.6 Å². The quantitative estimate of drug-likeness (QED) is 0.565. The van der Waals surface area contributed by atoms with Gasteiger partial charge in [-0.3, -0.25) is 9.59 Å². The predicted molar refractivity (Wildman–Crippen MR) is 111 cm³/mol. The van der Waals surface area contributed by atoms with Crippen LogP contribution in [0.5, 0.6) is 0 Å². The topological polar surface area (TPSA) is 95.5 Å². The molecule has 3 aromatic carbocycles. The molecule has 0 saturated carbocycles. The number of aryl methyl sites for hydroxylation is 1. The Labute approximate surface area is 168 Å². The van der Waals surface area contributed by atoms with E-state index in [-0.39, 0.29) is 17.0 Å². The first kappa shape index (κ1) is 19.8. The number of carbonyl (C=O) groups excluding carboxylic acids is 2. The minimum absolute atomic E-state index is 0.0669. The molecule has 6 heteroatoms. The number of rotatable bonds is 7. The third kappa shape index (κ3) is 5.52. The van der Waals surface area contributed by atoms with Crippen LogP contribution in [0.2, 0.25) is 0 Å². The molecule has 0 aliphatic rings. The molecule has 3 rings (SSSR count). The molecule has 29 heavy (non-hydrogen) atoms. The first-order valence-electron chi connectivity index (χ1n) is 9.10. The van der Waals surface area contributed by atoms with Crippen LogP contribution in [0.4, 0.5) is 11.4 Å². The number of carbonyl (C=O) groups is 3. The third-order valence-electron chi connectivity index (χ3n) is 4.29. The first-order valence-corrected chi connectivity index (χ1v) is 9.10. The van der Waals surface area contributed by atoms with E-state index in [2.05, 4.69) is 10.6 Å². The van der Waals surface area contributed by atoms with Crippen molar-refractivity contribution >= 4 is 29.2 Å². The van der Waals surface area contributed by atoms with Gasteiger partial charge in [0, 0.05) is 17.8 Å². The van der Waals surface area contributed by atoms with Crippen LogP contribution in [0.15, 0.2) is 78.9 Å². The maximum Gasteiger partial charge on any atom is 0.336 e. The van der Waals surface area contributed by atoms with Gasteiger partial charge in [0.25, 0.3) is 5.91 Å². The summed E-state index contributed by atoms with van der Waals surface area (Å²) in [7, 11) is 0. The molecule has 2 amide bonds. The van der Waals surface area contributed by atoms with Gasteiger partial charge in [-0.2, -0.15) is 0 Å². The Hall–Kier alpha value is -3.93. The molecule has 0 radical (unpaired) electrons. The molecule has 3 N–H and O–H groups in total. The summed E-state index contributed by atoms with van der Waals surface area (Å²) in [5.74, 6) is -1.83. The summed E-state index contributed by atoms with van der Waals surface area (Å²) in [4.78, 5) is 36.0. The Bertz CT molecular complexity index is 1030. The highest BCUT2D eigenvalue weighted by Gasteiger charge is 2.16.